The molecule has 0 unspecified atom stereocenters. The molecule has 1 aliphatic heterocycles. The van der Waals surface area contributed by atoms with E-state index in [4.69, 9.17) is 4.74 Å². The SMILES string of the molecule is COc1ccc(-c2cc(C(F)F)n3ncc(C(=O)N4CCC[C@@H](C)C4)c3n2)cc1. The fraction of sp³-hybridized carbons (Fsp3) is 0.381. The van der Waals surface area contributed by atoms with Gasteiger partial charge in [-0.1, -0.05) is 6.92 Å². The molecule has 3 aromatic rings. The van der Waals surface area contributed by atoms with Gasteiger partial charge >= 0.3 is 0 Å². The number of methoxy groups -OCH3 is 1. The summed E-state index contributed by atoms with van der Waals surface area (Å²) in [6.07, 6.45) is 0.593. The summed E-state index contributed by atoms with van der Waals surface area (Å²) in [4.78, 5) is 19.3. The van der Waals surface area contributed by atoms with E-state index in [1.54, 1.807) is 36.3 Å². The lowest BCUT2D eigenvalue weighted by molar-refractivity contribution is 0.0684. The molecule has 1 fully saturated rings. The summed E-state index contributed by atoms with van der Waals surface area (Å²) < 4.78 is 33.7. The lowest BCUT2D eigenvalue weighted by Gasteiger charge is -2.30. The Bertz CT molecular complexity index is 1030. The average molecular weight is 400 g/mol. The number of benzene rings is 1. The lowest BCUT2D eigenvalue weighted by atomic mass is 10.00. The summed E-state index contributed by atoms with van der Waals surface area (Å²) in [6, 6.07) is 8.28. The summed E-state index contributed by atoms with van der Waals surface area (Å²) in [5.41, 5.74) is 1.11. The highest BCUT2D eigenvalue weighted by molar-refractivity contribution is 6.00. The van der Waals surface area contributed by atoms with Crippen LogP contribution in [0, 0.1) is 5.92 Å². The van der Waals surface area contributed by atoms with Crippen molar-refractivity contribution in [2.75, 3.05) is 20.2 Å². The molecule has 4 rings (SSSR count). The lowest BCUT2D eigenvalue weighted by Crippen LogP contribution is -2.39. The highest BCUT2D eigenvalue weighted by atomic mass is 19.3. The Kier molecular flexibility index (Phi) is 5.17. The predicted molar refractivity (Wildman–Crippen MR) is 104 cm³/mol. The van der Waals surface area contributed by atoms with Gasteiger partial charge in [0, 0.05) is 18.7 Å². The minimum atomic E-state index is -2.75. The number of aromatic nitrogens is 3. The molecule has 0 spiro atoms. The van der Waals surface area contributed by atoms with E-state index in [2.05, 4.69) is 17.0 Å². The Hall–Kier alpha value is -3.03. The third-order valence-corrected chi connectivity index (χ3v) is 5.28. The Morgan fingerprint density at radius 1 is 1.28 bits per heavy atom. The standard InChI is InChI=1S/C21H22F2N4O2/c1-13-4-3-9-26(12-13)21(28)16-11-24-27-18(19(22)23)10-17(25-20(16)27)14-5-7-15(29-2)8-6-14/h5-8,10-11,13,19H,3-4,9,12H2,1-2H3/t13-/m1/s1. The summed E-state index contributed by atoms with van der Waals surface area (Å²) in [6.45, 7) is 3.40. The molecular weight excluding hydrogens is 378 g/mol. The van der Waals surface area contributed by atoms with Crippen LogP contribution in [0.25, 0.3) is 16.9 Å². The van der Waals surface area contributed by atoms with Crippen molar-refractivity contribution >= 4 is 11.6 Å². The maximum Gasteiger partial charge on any atom is 0.280 e. The molecule has 0 bridgehead atoms. The number of fused-ring (bicyclic) bond motifs is 1. The van der Waals surface area contributed by atoms with Gasteiger partial charge in [0.25, 0.3) is 12.3 Å². The molecule has 152 valence electrons. The van der Waals surface area contributed by atoms with Crippen LogP contribution in [0.3, 0.4) is 0 Å². The topological polar surface area (TPSA) is 59.7 Å². The van der Waals surface area contributed by atoms with Gasteiger partial charge < -0.3 is 9.64 Å². The second-order valence-electron chi connectivity index (χ2n) is 7.39. The Balaban J connectivity index is 1.80. The zero-order chi connectivity index (χ0) is 20.5. The first kappa shape index (κ1) is 19.3. The van der Waals surface area contributed by atoms with Crippen LogP contribution in [0.5, 0.6) is 5.75 Å². The minimum absolute atomic E-state index is 0.150. The smallest absolute Gasteiger partial charge is 0.280 e. The van der Waals surface area contributed by atoms with Crippen LogP contribution < -0.4 is 4.74 Å². The zero-order valence-electron chi connectivity index (χ0n) is 16.3. The van der Waals surface area contributed by atoms with Crippen molar-refractivity contribution < 1.29 is 18.3 Å². The Morgan fingerprint density at radius 2 is 2.03 bits per heavy atom. The second kappa shape index (κ2) is 7.77. The Labute approximate surface area is 167 Å². The van der Waals surface area contributed by atoms with Gasteiger partial charge in [-0.25, -0.2) is 18.3 Å². The number of hydrogen-bond donors (Lipinski definition) is 0. The number of carbonyl (C=O) groups excluding carboxylic acids is 1. The first-order valence-corrected chi connectivity index (χ1v) is 9.58. The number of halogens is 2. The van der Waals surface area contributed by atoms with Gasteiger partial charge in [0.1, 0.15) is 17.0 Å². The van der Waals surface area contributed by atoms with Crippen molar-refractivity contribution in [2.45, 2.75) is 26.2 Å². The minimum Gasteiger partial charge on any atom is -0.497 e. The van der Waals surface area contributed by atoms with Crippen molar-refractivity contribution in [3.05, 3.63) is 47.8 Å². The van der Waals surface area contributed by atoms with Crippen LogP contribution >= 0.6 is 0 Å². The number of piperidine rings is 1. The predicted octanol–water partition coefficient (Wildman–Crippen LogP) is 4.21. The van der Waals surface area contributed by atoms with Crippen LogP contribution in [0.2, 0.25) is 0 Å². The van der Waals surface area contributed by atoms with Crippen LogP contribution in [-0.4, -0.2) is 45.6 Å². The third-order valence-electron chi connectivity index (χ3n) is 5.28. The van der Waals surface area contributed by atoms with Gasteiger partial charge in [0.2, 0.25) is 0 Å². The fourth-order valence-corrected chi connectivity index (χ4v) is 3.75. The number of likely N-dealkylation sites (tertiary alicyclic amines) is 1. The van der Waals surface area contributed by atoms with Crippen LogP contribution in [0.1, 0.15) is 42.2 Å². The first-order chi connectivity index (χ1) is 14.0. The van der Waals surface area contributed by atoms with Gasteiger partial charge in [-0.05, 0) is 49.1 Å². The van der Waals surface area contributed by atoms with Gasteiger partial charge in [-0.15, -0.1) is 0 Å². The third kappa shape index (κ3) is 3.66. The van der Waals surface area contributed by atoms with E-state index in [0.717, 1.165) is 17.4 Å². The highest BCUT2D eigenvalue weighted by Gasteiger charge is 2.27. The van der Waals surface area contributed by atoms with Gasteiger partial charge in [-0.3, -0.25) is 4.79 Å². The van der Waals surface area contributed by atoms with E-state index < -0.39 is 6.43 Å². The molecule has 0 saturated carbocycles. The van der Waals surface area contributed by atoms with Crippen molar-refractivity contribution in [1.82, 2.24) is 19.5 Å². The number of hydrogen-bond acceptors (Lipinski definition) is 4. The van der Waals surface area contributed by atoms with E-state index in [0.29, 0.717) is 36.0 Å². The largest absolute Gasteiger partial charge is 0.497 e. The average Bonchev–Trinajstić information content (AvgIpc) is 3.16. The van der Waals surface area contributed by atoms with E-state index in [1.165, 1.54) is 12.3 Å². The van der Waals surface area contributed by atoms with Crippen molar-refractivity contribution in [2.24, 2.45) is 5.92 Å². The molecule has 1 saturated heterocycles. The molecule has 1 aromatic carbocycles. The maximum atomic E-state index is 13.7. The van der Waals surface area contributed by atoms with Crippen molar-refractivity contribution in [1.29, 1.82) is 0 Å². The second-order valence-corrected chi connectivity index (χ2v) is 7.39. The molecule has 6 nitrogen and oxygen atoms in total. The monoisotopic (exact) mass is 400 g/mol. The zero-order valence-corrected chi connectivity index (χ0v) is 16.3. The first-order valence-electron chi connectivity index (χ1n) is 9.58. The van der Waals surface area contributed by atoms with E-state index >= 15 is 0 Å². The fourth-order valence-electron chi connectivity index (χ4n) is 3.75. The van der Waals surface area contributed by atoms with Gasteiger partial charge in [-0.2, -0.15) is 5.10 Å². The summed E-state index contributed by atoms with van der Waals surface area (Å²) in [5.74, 6) is 0.850. The van der Waals surface area contributed by atoms with E-state index in [9.17, 15) is 13.6 Å². The summed E-state index contributed by atoms with van der Waals surface area (Å²) in [5, 5.41) is 4.04. The number of ether oxygens (including phenoxy) is 1. The molecule has 3 heterocycles. The van der Waals surface area contributed by atoms with Crippen LogP contribution in [0.15, 0.2) is 36.5 Å². The molecular formula is C21H22F2N4O2. The van der Waals surface area contributed by atoms with Crippen molar-refractivity contribution in [3.8, 4) is 17.0 Å². The van der Waals surface area contributed by atoms with E-state index in [-0.39, 0.29) is 22.8 Å². The van der Waals surface area contributed by atoms with Crippen LogP contribution in [-0.2, 0) is 0 Å². The van der Waals surface area contributed by atoms with E-state index in [1.807, 2.05) is 0 Å². The molecule has 29 heavy (non-hydrogen) atoms. The summed E-state index contributed by atoms with van der Waals surface area (Å²) in [7, 11) is 1.56. The maximum absolute atomic E-state index is 13.7. The number of alkyl halides is 2. The Morgan fingerprint density at radius 3 is 2.69 bits per heavy atom. The quantitative estimate of drug-likeness (QED) is 0.658. The van der Waals surface area contributed by atoms with Gasteiger partial charge in [0.15, 0.2) is 5.65 Å². The normalized spacial score (nSPS) is 17.1. The molecule has 0 radical (unpaired) electrons. The highest BCUT2D eigenvalue weighted by Crippen LogP contribution is 2.28. The molecule has 1 aliphatic rings. The molecule has 0 aliphatic carbocycles. The number of carbonyl (C=O) groups is 1. The number of rotatable bonds is 4. The molecule has 1 amide bonds. The number of nitrogens with zero attached hydrogens (tertiary/aromatic N) is 4. The number of amides is 1. The molecule has 8 heteroatoms. The summed E-state index contributed by atoms with van der Waals surface area (Å²) >= 11 is 0. The molecule has 0 N–H and O–H groups in total. The molecule has 1 atom stereocenters. The van der Waals surface area contributed by atoms with Crippen molar-refractivity contribution in [3.63, 3.8) is 0 Å². The van der Waals surface area contributed by atoms with Gasteiger partial charge in [0.05, 0.1) is 19.0 Å². The molecule has 2 aromatic heterocycles. The van der Waals surface area contributed by atoms with Crippen LogP contribution in [0.4, 0.5) is 8.78 Å².